The fourth-order valence-electron chi connectivity index (χ4n) is 2.58. The molecule has 1 saturated carbocycles. The van der Waals surface area contributed by atoms with E-state index in [4.69, 9.17) is 4.74 Å². The first-order valence-corrected chi connectivity index (χ1v) is 7.70. The summed E-state index contributed by atoms with van der Waals surface area (Å²) in [6, 6.07) is 6.36. The Morgan fingerprint density at radius 2 is 2.00 bits per heavy atom. The van der Waals surface area contributed by atoms with Gasteiger partial charge in [0, 0.05) is 10.9 Å². The molecule has 2 rings (SSSR count). The molecular formula is C15H21BrO. The monoisotopic (exact) mass is 296 g/mol. The maximum absolute atomic E-state index is 6.07. The highest BCUT2D eigenvalue weighted by Crippen LogP contribution is 2.28. The van der Waals surface area contributed by atoms with Gasteiger partial charge in [0.05, 0.1) is 6.61 Å². The Kier molecular flexibility index (Phi) is 4.90. The van der Waals surface area contributed by atoms with E-state index in [0.29, 0.717) is 0 Å². The number of alkyl halides is 1. The molecule has 0 bridgehead atoms. The number of hydrogen-bond acceptors (Lipinski definition) is 1. The van der Waals surface area contributed by atoms with Crippen LogP contribution in [0.15, 0.2) is 18.2 Å². The highest BCUT2D eigenvalue weighted by atomic mass is 79.9. The molecule has 0 saturated heterocycles. The number of hydrogen-bond donors (Lipinski definition) is 0. The van der Waals surface area contributed by atoms with E-state index in [2.05, 4.69) is 41.1 Å². The van der Waals surface area contributed by atoms with Crippen molar-refractivity contribution in [3.05, 3.63) is 29.3 Å². The lowest BCUT2D eigenvalue weighted by Crippen LogP contribution is -2.16. The maximum Gasteiger partial charge on any atom is 0.126 e. The Labute approximate surface area is 113 Å². The summed E-state index contributed by atoms with van der Waals surface area (Å²) in [6.45, 7) is 3.02. The van der Waals surface area contributed by atoms with E-state index in [1.165, 1.54) is 43.2 Å². The number of rotatable bonds is 4. The summed E-state index contributed by atoms with van der Waals surface area (Å²) in [6.07, 6.45) is 6.86. The van der Waals surface area contributed by atoms with Gasteiger partial charge in [0.1, 0.15) is 5.75 Å². The van der Waals surface area contributed by atoms with Crippen molar-refractivity contribution in [3.8, 4) is 5.75 Å². The van der Waals surface area contributed by atoms with Gasteiger partial charge in [-0.15, -0.1) is 0 Å². The Balaban J connectivity index is 1.97. The molecule has 0 amide bonds. The van der Waals surface area contributed by atoms with Gasteiger partial charge in [-0.2, -0.15) is 0 Å². The predicted molar refractivity (Wildman–Crippen MR) is 75.9 cm³/mol. The van der Waals surface area contributed by atoms with Crippen LogP contribution in [0.3, 0.4) is 0 Å². The van der Waals surface area contributed by atoms with Gasteiger partial charge in [0.25, 0.3) is 0 Å². The van der Waals surface area contributed by atoms with Gasteiger partial charge in [-0.3, -0.25) is 0 Å². The second-order valence-electron chi connectivity index (χ2n) is 5.01. The third-order valence-corrected chi connectivity index (χ3v) is 4.23. The minimum Gasteiger partial charge on any atom is -0.493 e. The van der Waals surface area contributed by atoms with E-state index in [0.717, 1.165) is 23.6 Å². The molecule has 1 aromatic carbocycles. The predicted octanol–water partition coefficient (Wildman–Crippen LogP) is 4.85. The Hall–Kier alpha value is -0.500. The van der Waals surface area contributed by atoms with Crippen LogP contribution in [0.1, 0.15) is 43.2 Å². The molecule has 1 aromatic rings. The molecule has 1 fully saturated rings. The number of ether oxygens (including phenoxy) is 1. The third-order valence-electron chi connectivity index (χ3n) is 3.63. The number of halogens is 1. The third kappa shape index (κ3) is 3.48. The average Bonchev–Trinajstić information content (AvgIpc) is 2.38. The lowest BCUT2D eigenvalue weighted by Gasteiger charge is -2.23. The quantitative estimate of drug-likeness (QED) is 0.722. The van der Waals surface area contributed by atoms with Crippen molar-refractivity contribution < 1.29 is 4.74 Å². The molecule has 2 heteroatoms. The van der Waals surface area contributed by atoms with Crippen LogP contribution in [0.5, 0.6) is 5.75 Å². The molecule has 0 spiro atoms. The van der Waals surface area contributed by atoms with Crippen molar-refractivity contribution in [2.75, 3.05) is 6.61 Å². The molecule has 0 radical (unpaired) electrons. The molecule has 1 aliphatic rings. The zero-order valence-corrected chi connectivity index (χ0v) is 12.1. The molecule has 0 heterocycles. The molecule has 0 aliphatic heterocycles. The lowest BCUT2D eigenvalue weighted by atomic mass is 9.90. The first-order valence-electron chi connectivity index (χ1n) is 6.58. The summed E-state index contributed by atoms with van der Waals surface area (Å²) < 4.78 is 6.07. The van der Waals surface area contributed by atoms with Crippen molar-refractivity contribution >= 4 is 15.9 Å². The standard InChI is InChI=1S/C15H21BrO/c1-12-6-5-9-14(10-16)15(12)17-11-13-7-3-2-4-8-13/h5-6,9,13H,2-4,7-8,10-11H2,1H3. The first-order chi connectivity index (χ1) is 8.31. The van der Waals surface area contributed by atoms with Crippen molar-refractivity contribution in [1.82, 2.24) is 0 Å². The molecule has 0 unspecified atom stereocenters. The van der Waals surface area contributed by atoms with Gasteiger partial charge >= 0.3 is 0 Å². The Morgan fingerprint density at radius 3 is 2.71 bits per heavy atom. The number of para-hydroxylation sites is 1. The summed E-state index contributed by atoms with van der Waals surface area (Å²) >= 11 is 3.53. The van der Waals surface area contributed by atoms with Crippen LogP contribution in [0.25, 0.3) is 0 Å². The fraction of sp³-hybridized carbons (Fsp3) is 0.600. The molecule has 94 valence electrons. The topological polar surface area (TPSA) is 9.23 Å². The van der Waals surface area contributed by atoms with E-state index in [1.54, 1.807) is 0 Å². The molecule has 1 nitrogen and oxygen atoms in total. The largest absolute Gasteiger partial charge is 0.493 e. The Morgan fingerprint density at radius 1 is 1.24 bits per heavy atom. The van der Waals surface area contributed by atoms with Gasteiger partial charge < -0.3 is 4.74 Å². The first kappa shape index (κ1) is 12.9. The summed E-state index contributed by atoms with van der Waals surface area (Å²) in [5, 5.41) is 0.870. The second-order valence-corrected chi connectivity index (χ2v) is 5.57. The van der Waals surface area contributed by atoms with Crippen LogP contribution >= 0.6 is 15.9 Å². The van der Waals surface area contributed by atoms with Gasteiger partial charge in [0.2, 0.25) is 0 Å². The number of benzene rings is 1. The molecule has 1 aliphatic carbocycles. The van der Waals surface area contributed by atoms with Crippen molar-refractivity contribution in [3.63, 3.8) is 0 Å². The van der Waals surface area contributed by atoms with Crippen LogP contribution in [0, 0.1) is 12.8 Å². The summed E-state index contributed by atoms with van der Waals surface area (Å²) in [7, 11) is 0. The van der Waals surface area contributed by atoms with Crippen molar-refractivity contribution in [1.29, 1.82) is 0 Å². The van der Waals surface area contributed by atoms with Crippen LogP contribution in [-0.4, -0.2) is 6.61 Å². The van der Waals surface area contributed by atoms with Crippen LogP contribution in [-0.2, 0) is 5.33 Å². The van der Waals surface area contributed by atoms with E-state index < -0.39 is 0 Å². The zero-order valence-electron chi connectivity index (χ0n) is 10.5. The minimum absolute atomic E-state index is 0.770. The fourth-order valence-corrected chi connectivity index (χ4v) is 3.02. The summed E-state index contributed by atoms with van der Waals surface area (Å²) in [4.78, 5) is 0. The van der Waals surface area contributed by atoms with Crippen molar-refractivity contribution in [2.24, 2.45) is 5.92 Å². The smallest absolute Gasteiger partial charge is 0.126 e. The summed E-state index contributed by atoms with van der Waals surface area (Å²) in [5.41, 5.74) is 2.51. The van der Waals surface area contributed by atoms with Crippen LogP contribution in [0.4, 0.5) is 0 Å². The highest BCUT2D eigenvalue weighted by Gasteiger charge is 2.15. The number of aryl methyl sites for hydroxylation is 1. The van der Waals surface area contributed by atoms with Gasteiger partial charge in [-0.05, 0) is 31.2 Å². The molecular weight excluding hydrogens is 276 g/mol. The van der Waals surface area contributed by atoms with E-state index in [1.807, 2.05) is 0 Å². The van der Waals surface area contributed by atoms with E-state index in [9.17, 15) is 0 Å². The molecule has 0 N–H and O–H groups in total. The highest BCUT2D eigenvalue weighted by molar-refractivity contribution is 9.08. The van der Waals surface area contributed by atoms with E-state index >= 15 is 0 Å². The van der Waals surface area contributed by atoms with Gasteiger partial charge in [0.15, 0.2) is 0 Å². The normalized spacial score (nSPS) is 17.1. The molecule has 0 atom stereocenters. The van der Waals surface area contributed by atoms with E-state index in [-0.39, 0.29) is 0 Å². The Bertz CT molecular complexity index is 356. The summed E-state index contributed by atoms with van der Waals surface area (Å²) in [5.74, 6) is 1.86. The van der Waals surface area contributed by atoms with Gasteiger partial charge in [-0.1, -0.05) is 53.4 Å². The second kappa shape index (κ2) is 6.44. The molecule has 17 heavy (non-hydrogen) atoms. The average molecular weight is 297 g/mol. The van der Waals surface area contributed by atoms with Crippen LogP contribution in [0.2, 0.25) is 0 Å². The maximum atomic E-state index is 6.07. The zero-order chi connectivity index (χ0) is 12.1. The minimum atomic E-state index is 0.770. The van der Waals surface area contributed by atoms with Crippen molar-refractivity contribution in [2.45, 2.75) is 44.4 Å². The van der Waals surface area contributed by atoms with Crippen LogP contribution < -0.4 is 4.74 Å². The molecule has 0 aromatic heterocycles. The van der Waals surface area contributed by atoms with Gasteiger partial charge in [-0.25, -0.2) is 0 Å². The SMILES string of the molecule is Cc1cccc(CBr)c1OCC1CCCCC1. The lowest BCUT2D eigenvalue weighted by molar-refractivity contribution is 0.207.